The van der Waals surface area contributed by atoms with E-state index < -0.39 is 0 Å². The molecule has 2 N–H and O–H groups in total. The van der Waals surface area contributed by atoms with Crippen LogP contribution in [-0.2, 0) is 4.74 Å². The van der Waals surface area contributed by atoms with Crippen molar-refractivity contribution in [2.75, 3.05) is 5.73 Å². The first kappa shape index (κ1) is 14.0. The number of nitrogen functional groups attached to an aromatic ring is 1. The Bertz CT molecular complexity index is 418. The van der Waals surface area contributed by atoms with Crippen LogP contribution in [0.3, 0.4) is 0 Å². The van der Waals surface area contributed by atoms with Crippen LogP contribution < -0.4 is 5.73 Å². The van der Waals surface area contributed by atoms with Gasteiger partial charge in [-0.3, -0.25) is 0 Å². The smallest absolute Gasteiger partial charge is 0.338 e. The van der Waals surface area contributed by atoms with E-state index in [2.05, 4.69) is 22.9 Å². The number of carbonyl (C=O) groups is 1. The van der Waals surface area contributed by atoms with Crippen LogP contribution in [0.1, 0.15) is 42.6 Å². The quantitative estimate of drug-likeness (QED) is 0.681. The molecular formula is C13H18BrNO2. The molecule has 1 atom stereocenters. The van der Waals surface area contributed by atoms with E-state index in [4.69, 9.17) is 10.5 Å². The number of anilines is 1. The van der Waals surface area contributed by atoms with Crippen molar-refractivity contribution in [1.29, 1.82) is 0 Å². The van der Waals surface area contributed by atoms with E-state index in [0.717, 1.165) is 22.9 Å². The van der Waals surface area contributed by atoms with Gasteiger partial charge >= 0.3 is 5.97 Å². The van der Waals surface area contributed by atoms with Crippen molar-refractivity contribution < 1.29 is 9.53 Å². The van der Waals surface area contributed by atoms with Gasteiger partial charge in [-0.05, 0) is 38.0 Å². The fourth-order valence-corrected chi connectivity index (χ4v) is 2.10. The van der Waals surface area contributed by atoms with Crippen molar-refractivity contribution in [2.45, 2.75) is 39.7 Å². The molecule has 1 aromatic rings. The van der Waals surface area contributed by atoms with Crippen molar-refractivity contribution in [3.05, 3.63) is 27.7 Å². The average Bonchev–Trinajstić information content (AvgIpc) is 2.23. The summed E-state index contributed by atoms with van der Waals surface area (Å²) in [5.74, 6) is -0.309. The van der Waals surface area contributed by atoms with Crippen LogP contribution >= 0.6 is 15.9 Å². The van der Waals surface area contributed by atoms with E-state index in [9.17, 15) is 4.79 Å². The largest absolute Gasteiger partial charge is 0.459 e. The van der Waals surface area contributed by atoms with Crippen LogP contribution in [-0.4, -0.2) is 12.1 Å². The Hall–Kier alpha value is -1.03. The minimum absolute atomic E-state index is 0.0629. The van der Waals surface area contributed by atoms with Gasteiger partial charge in [0, 0.05) is 10.2 Å². The van der Waals surface area contributed by atoms with Gasteiger partial charge in [-0.15, -0.1) is 0 Å². The molecule has 1 unspecified atom stereocenters. The SMILES string of the molecule is CCCC(C)OC(=O)c1cc(Br)cc(N)c1C. The maximum absolute atomic E-state index is 12.0. The van der Waals surface area contributed by atoms with E-state index in [1.165, 1.54) is 0 Å². The molecule has 1 rings (SSSR count). The Labute approximate surface area is 110 Å². The summed E-state index contributed by atoms with van der Waals surface area (Å²) in [7, 11) is 0. The second kappa shape index (κ2) is 6.05. The topological polar surface area (TPSA) is 52.3 Å². The molecule has 0 amide bonds. The van der Waals surface area contributed by atoms with Gasteiger partial charge in [0.2, 0.25) is 0 Å². The molecule has 4 heteroatoms. The first-order chi connectivity index (χ1) is 7.95. The van der Waals surface area contributed by atoms with Gasteiger partial charge in [0.1, 0.15) is 0 Å². The van der Waals surface area contributed by atoms with E-state index >= 15 is 0 Å². The zero-order valence-electron chi connectivity index (χ0n) is 10.4. The van der Waals surface area contributed by atoms with E-state index in [0.29, 0.717) is 11.3 Å². The summed E-state index contributed by atoms with van der Waals surface area (Å²) in [6.45, 7) is 5.79. The lowest BCUT2D eigenvalue weighted by molar-refractivity contribution is 0.0322. The number of hydrogen-bond acceptors (Lipinski definition) is 3. The minimum atomic E-state index is -0.309. The molecule has 0 radical (unpaired) electrons. The second-order valence-corrected chi connectivity index (χ2v) is 5.09. The molecule has 3 nitrogen and oxygen atoms in total. The zero-order chi connectivity index (χ0) is 13.0. The molecule has 0 aliphatic rings. The Morgan fingerprint density at radius 3 is 2.76 bits per heavy atom. The molecule has 94 valence electrons. The molecule has 0 aromatic heterocycles. The summed E-state index contributed by atoms with van der Waals surface area (Å²) in [6.07, 6.45) is 1.80. The van der Waals surface area contributed by atoms with Crippen LogP contribution in [0.25, 0.3) is 0 Å². The maximum atomic E-state index is 12.0. The van der Waals surface area contributed by atoms with Gasteiger partial charge in [-0.2, -0.15) is 0 Å². The monoisotopic (exact) mass is 299 g/mol. The summed E-state index contributed by atoms with van der Waals surface area (Å²) < 4.78 is 6.14. The van der Waals surface area contributed by atoms with Crippen LogP contribution in [0, 0.1) is 6.92 Å². The van der Waals surface area contributed by atoms with Crippen LogP contribution in [0.4, 0.5) is 5.69 Å². The molecule has 0 fully saturated rings. The fraction of sp³-hybridized carbons (Fsp3) is 0.462. The van der Waals surface area contributed by atoms with Gasteiger partial charge < -0.3 is 10.5 Å². The minimum Gasteiger partial charge on any atom is -0.459 e. The lowest BCUT2D eigenvalue weighted by Crippen LogP contribution is -2.16. The predicted octanol–water partition coefficient (Wildman–Crippen LogP) is 3.69. The highest BCUT2D eigenvalue weighted by molar-refractivity contribution is 9.10. The van der Waals surface area contributed by atoms with E-state index in [1.807, 2.05) is 13.8 Å². The van der Waals surface area contributed by atoms with Gasteiger partial charge in [-0.25, -0.2) is 4.79 Å². The lowest BCUT2D eigenvalue weighted by atomic mass is 10.1. The number of benzene rings is 1. The van der Waals surface area contributed by atoms with Crippen molar-refractivity contribution in [1.82, 2.24) is 0 Å². The number of halogens is 1. The second-order valence-electron chi connectivity index (χ2n) is 4.17. The van der Waals surface area contributed by atoms with Crippen LogP contribution in [0.5, 0.6) is 0 Å². The molecule has 17 heavy (non-hydrogen) atoms. The Balaban J connectivity index is 2.89. The highest BCUT2D eigenvalue weighted by Crippen LogP contribution is 2.23. The van der Waals surface area contributed by atoms with Crippen LogP contribution in [0.15, 0.2) is 16.6 Å². The molecule has 0 saturated heterocycles. The predicted molar refractivity (Wildman–Crippen MR) is 73.1 cm³/mol. The molecule has 0 bridgehead atoms. The highest BCUT2D eigenvalue weighted by Gasteiger charge is 2.16. The van der Waals surface area contributed by atoms with Gasteiger partial charge in [-0.1, -0.05) is 29.3 Å². The molecule has 0 heterocycles. The summed E-state index contributed by atoms with van der Waals surface area (Å²) in [4.78, 5) is 12.0. The Morgan fingerprint density at radius 2 is 2.18 bits per heavy atom. The standard InChI is InChI=1S/C13H18BrNO2/c1-4-5-8(2)17-13(16)11-6-10(14)7-12(15)9(11)3/h6-8H,4-5,15H2,1-3H3. The summed E-state index contributed by atoms with van der Waals surface area (Å²) in [6, 6.07) is 3.52. The highest BCUT2D eigenvalue weighted by atomic mass is 79.9. The zero-order valence-corrected chi connectivity index (χ0v) is 12.0. The van der Waals surface area contributed by atoms with Gasteiger partial charge in [0.25, 0.3) is 0 Å². The average molecular weight is 300 g/mol. The molecule has 0 saturated carbocycles. The number of ether oxygens (including phenoxy) is 1. The normalized spacial score (nSPS) is 12.2. The van der Waals surface area contributed by atoms with Gasteiger partial charge in [0.05, 0.1) is 11.7 Å². The van der Waals surface area contributed by atoms with Crippen molar-refractivity contribution in [3.63, 3.8) is 0 Å². The Kier molecular flexibility index (Phi) is 5.00. The summed E-state index contributed by atoms with van der Waals surface area (Å²) in [5.41, 5.74) is 7.70. The number of nitrogens with two attached hydrogens (primary N) is 1. The van der Waals surface area contributed by atoms with Crippen LogP contribution in [0.2, 0.25) is 0 Å². The fourth-order valence-electron chi connectivity index (χ4n) is 1.62. The maximum Gasteiger partial charge on any atom is 0.338 e. The first-order valence-electron chi connectivity index (χ1n) is 5.72. The molecule has 0 aliphatic heterocycles. The summed E-state index contributed by atoms with van der Waals surface area (Å²) in [5, 5.41) is 0. The van der Waals surface area contributed by atoms with Crippen molar-refractivity contribution in [2.24, 2.45) is 0 Å². The number of hydrogen-bond donors (Lipinski definition) is 1. The molecule has 1 aromatic carbocycles. The summed E-state index contributed by atoms with van der Waals surface area (Å²) >= 11 is 3.32. The molecule has 0 aliphatic carbocycles. The van der Waals surface area contributed by atoms with Gasteiger partial charge in [0.15, 0.2) is 0 Å². The first-order valence-corrected chi connectivity index (χ1v) is 6.51. The third kappa shape index (κ3) is 3.73. The number of rotatable bonds is 4. The molecule has 0 spiro atoms. The van der Waals surface area contributed by atoms with Crippen molar-refractivity contribution >= 4 is 27.6 Å². The number of esters is 1. The lowest BCUT2D eigenvalue weighted by Gasteiger charge is -2.14. The third-order valence-corrected chi connectivity index (χ3v) is 3.09. The van der Waals surface area contributed by atoms with Crippen molar-refractivity contribution in [3.8, 4) is 0 Å². The molecular weight excluding hydrogens is 282 g/mol. The van der Waals surface area contributed by atoms with E-state index in [-0.39, 0.29) is 12.1 Å². The Morgan fingerprint density at radius 1 is 1.53 bits per heavy atom. The third-order valence-electron chi connectivity index (χ3n) is 2.64. The van der Waals surface area contributed by atoms with E-state index in [1.54, 1.807) is 12.1 Å². The number of carbonyl (C=O) groups excluding carboxylic acids is 1.